The van der Waals surface area contributed by atoms with E-state index in [1.54, 1.807) is 6.20 Å². The fourth-order valence-corrected chi connectivity index (χ4v) is 1.23. The SMILES string of the molecule is C[CH]Cn1cnc2cccnc21. The van der Waals surface area contributed by atoms with E-state index in [0.717, 1.165) is 17.7 Å². The van der Waals surface area contributed by atoms with E-state index in [-0.39, 0.29) is 0 Å². The summed E-state index contributed by atoms with van der Waals surface area (Å²) in [4.78, 5) is 8.46. The predicted octanol–water partition coefficient (Wildman–Crippen LogP) is 1.66. The van der Waals surface area contributed by atoms with Crippen molar-refractivity contribution in [2.75, 3.05) is 0 Å². The highest BCUT2D eigenvalue weighted by Gasteiger charge is 1.99. The highest BCUT2D eigenvalue weighted by atomic mass is 15.1. The fraction of sp³-hybridized carbons (Fsp3) is 0.222. The van der Waals surface area contributed by atoms with Crippen LogP contribution in [0.5, 0.6) is 0 Å². The number of fused-ring (bicyclic) bond motifs is 1. The van der Waals surface area contributed by atoms with Crippen LogP contribution in [0.4, 0.5) is 0 Å². The van der Waals surface area contributed by atoms with Gasteiger partial charge in [0.1, 0.15) is 5.52 Å². The molecule has 0 unspecified atom stereocenters. The van der Waals surface area contributed by atoms with E-state index in [1.165, 1.54) is 0 Å². The monoisotopic (exact) mass is 160 g/mol. The van der Waals surface area contributed by atoms with Gasteiger partial charge in [0.25, 0.3) is 0 Å². The zero-order valence-electron chi connectivity index (χ0n) is 6.94. The van der Waals surface area contributed by atoms with E-state index in [2.05, 4.69) is 16.4 Å². The summed E-state index contributed by atoms with van der Waals surface area (Å²) in [5, 5.41) is 0. The average Bonchev–Trinajstić information content (AvgIpc) is 2.50. The van der Waals surface area contributed by atoms with Crippen molar-refractivity contribution in [2.45, 2.75) is 13.5 Å². The Bertz CT molecular complexity index is 378. The fourth-order valence-electron chi connectivity index (χ4n) is 1.23. The minimum absolute atomic E-state index is 0.869. The van der Waals surface area contributed by atoms with Crippen LogP contribution in [-0.2, 0) is 6.54 Å². The van der Waals surface area contributed by atoms with Crippen molar-refractivity contribution in [3.05, 3.63) is 31.1 Å². The molecule has 0 saturated heterocycles. The van der Waals surface area contributed by atoms with Crippen LogP contribution in [0.3, 0.4) is 0 Å². The second kappa shape index (κ2) is 2.93. The minimum Gasteiger partial charge on any atom is -0.315 e. The van der Waals surface area contributed by atoms with E-state index in [4.69, 9.17) is 0 Å². The lowest BCUT2D eigenvalue weighted by Gasteiger charge is -1.97. The molecule has 0 amide bonds. The van der Waals surface area contributed by atoms with Gasteiger partial charge in [-0.2, -0.15) is 0 Å². The maximum atomic E-state index is 4.24. The van der Waals surface area contributed by atoms with Gasteiger partial charge in [-0.3, -0.25) is 0 Å². The Morgan fingerprint density at radius 3 is 3.25 bits per heavy atom. The Labute approximate surface area is 71.1 Å². The zero-order chi connectivity index (χ0) is 8.39. The van der Waals surface area contributed by atoms with Gasteiger partial charge in [-0.1, -0.05) is 6.92 Å². The van der Waals surface area contributed by atoms with E-state index in [9.17, 15) is 0 Å². The molecule has 2 aromatic heterocycles. The van der Waals surface area contributed by atoms with Gasteiger partial charge in [0.15, 0.2) is 5.65 Å². The van der Waals surface area contributed by atoms with Crippen LogP contribution in [0, 0.1) is 6.42 Å². The maximum Gasteiger partial charge on any atom is 0.159 e. The number of nitrogens with zero attached hydrogens (tertiary/aromatic N) is 3. The third-order valence-electron chi connectivity index (χ3n) is 1.75. The minimum atomic E-state index is 0.869. The number of hydrogen-bond donors (Lipinski definition) is 0. The standard InChI is InChI=1S/C9H10N3/c1-2-6-12-7-11-8-4-3-5-10-9(8)12/h2-5,7H,6H2,1H3. The van der Waals surface area contributed by atoms with Gasteiger partial charge in [-0.25, -0.2) is 9.97 Å². The van der Waals surface area contributed by atoms with Gasteiger partial charge in [-0.15, -0.1) is 0 Å². The first kappa shape index (κ1) is 7.28. The first-order chi connectivity index (χ1) is 5.92. The summed E-state index contributed by atoms with van der Waals surface area (Å²) in [5.74, 6) is 0. The second-order valence-electron chi connectivity index (χ2n) is 2.65. The molecule has 1 radical (unpaired) electrons. The molecular formula is C9H10N3. The molecule has 0 aliphatic carbocycles. The third-order valence-corrected chi connectivity index (χ3v) is 1.75. The molecule has 0 N–H and O–H groups in total. The molecule has 0 atom stereocenters. The predicted molar refractivity (Wildman–Crippen MR) is 47.5 cm³/mol. The van der Waals surface area contributed by atoms with Crippen LogP contribution >= 0.6 is 0 Å². The number of imidazole rings is 1. The molecule has 0 bridgehead atoms. The van der Waals surface area contributed by atoms with E-state index in [0.29, 0.717) is 0 Å². The first-order valence-electron chi connectivity index (χ1n) is 3.95. The molecule has 0 spiro atoms. The summed E-state index contributed by atoms with van der Waals surface area (Å²) in [7, 11) is 0. The quantitative estimate of drug-likeness (QED) is 0.668. The van der Waals surface area contributed by atoms with E-state index >= 15 is 0 Å². The summed E-state index contributed by atoms with van der Waals surface area (Å²) >= 11 is 0. The lowest BCUT2D eigenvalue weighted by Crippen LogP contribution is -1.95. The smallest absolute Gasteiger partial charge is 0.159 e. The molecule has 0 saturated carbocycles. The molecule has 0 aliphatic heterocycles. The third kappa shape index (κ3) is 1.07. The molecule has 2 rings (SSSR count). The number of pyridine rings is 1. The Morgan fingerprint density at radius 1 is 1.50 bits per heavy atom. The van der Waals surface area contributed by atoms with Gasteiger partial charge in [0.2, 0.25) is 0 Å². The van der Waals surface area contributed by atoms with Crippen LogP contribution in [0.2, 0.25) is 0 Å². The second-order valence-corrected chi connectivity index (χ2v) is 2.65. The Hall–Kier alpha value is -1.38. The Balaban J connectivity index is 2.55. The van der Waals surface area contributed by atoms with Gasteiger partial charge in [-0.05, 0) is 18.6 Å². The van der Waals surface area contributed by atoms with Gasteiger partial charge < -0.3 is 4.57 Å². The zero-order valence-corrected chi connectivity index (χ0v) is 6.94. The summed E-state index contributed by atoms with van der Waals surface area (Å²) < 4.78 is 2.02. The highest BCUT2D eigenvalue weighted by Crippen LogP contribution is 2.08. The summed E-state index contributed by atoms with van der Waals surface area (Å²) in [6.45, 7) is 2.89. The molecule has 2 heterocycles. The summed E-state index contributed by atoms with van der Waals surface area (Å²) in [6, 6.07) is 3.86. The lowest BCUT2D eigenvalue weighted by atomic mass is 10.4. The molecule has 0 aliphatic rings. The van der Waals surface area contributed by atoms with Crippen LogP contribution in [-0.4, -0.2) is 14.5 Å². The van der Waals surface area contributed by atoms with Crippen molar-refractivity contribution >= 4 is 11.2 Å². The van der Waals surface area contributed by atoms with Crippen LogP contribution < -0.4 is 0 Å². The molecular weight excluding hydrogens is 150 g/mol. The molecule has 12 heavy (non-hydrogen) atoms. The average molecular weight is 160 g/mol. The molecule has 0 aromatic carbocycles. The van der Waals surface area contributed by atoms with Crippen LogP contribution in [0.1, 0.15) is 6.92 Å². The molecule has 3 nitrogen and oxygen atoms in total. The van der Waals surface area contributed by atoms with Crippen molar-refractivity contribution < 1.29 is 0 Å². The van der Waals surface area contributed by atoms with E-state index < -0.39 is 0 Å². The van der Waals surface area contributed by atoms with Gasteiger partial charge in [0.05, 0.1) is 6.33 Å². The summed E-state index contributed by atoms with van der Waals surface area (Å²) in [6.07, 6.45) is 5.68. The van der Waals surface area contributed by atoms with Crippen molar-refractivity contribution in [2.24, 2.45) is 0 Å². The highest BCUT2D eigenvalue weighted by molar-refractivity contribution is 5.69. The summed E-state index contributed by atoms with van der Waals surface area (Å²) in [5.41, 5.74) is 1.91. The molecule has 2 aromatic rings. The molecule has 0 fully saturated rings. The van der Waals surface area contributed by atoms with Crippen LogP contribution in [0.15, 0.2) is 24.7 Å². The largest absolute Gasteiger partial charge is 0.315 e. The molecule has 61 valence electrons. The first-order valence-corrected chi connectivity index (χ1v) is 3.95. The lowest BCUT2D eigenvalue weighted by molar-refractivity contribution is 0.794. The maximum absolute atomic E-state index is 4.24. The van der Waals surface area contributed by atoms with Gasteiger partial charge in [0, 0.05) is 12.7 Å². The number of aromatic nitrogens is 3. The topological polar surface area (TPSA) is 30.7 Å². The van der Waals surface area contributed by atoms with E-state index in [1.807, 2.05) is 30.0 Å². The number of hydrogen-bond acceptors (Lipinski definition) is 2. The number of rotatable bonds is 2. The van der Waals surface area contributed by atoms with Crippen molar-refractivity contribution in [1.29, 1.82) is 0 Å². The Morgan fingerprint density at radius 2 is 2.42 bits per heavy atom. The molecule has 3 heteroatoms. The normalized spacial score (nSPS) is 10.8. The van der Waals surface area contributed by atoms with Crippen molar-refractivity contribution in [3.63, 3.8) is 0 Å². The van der Waals surface area contributed by atoms with Crippen LogP contribution in [0.25, 0.3) is 11.2 Å². The van der Waals surface area contributed by atoms with Crippen molar-refractivity contribution in [3.8, 4) is 0 Å². The van der Waals surface area contributed by atoms with Crippen molar-refractivity contribution in [1.82, 2.24) is 14.5 Å². The Kier molecular flexibility index (Phi) is 1.78. The van der Waals surface area contributed by atoms with Gasteiger partial charge >= 0.3 is 0 Å².